The third-order valence-electron chi connectivity index (χ3n) is 3.16. The van der Waals surface area contributed by atoms with E-state index in [1.807, 2.05) is 38.1 Å². The summed E-state index contributed by atoms with van der Waals surface area (Å²) in [6.07, 6.45) is 0. The van der Waals surface area contributed by atoms with Crippen molar-refractivity contribution < 1.29 is 4.42 Å². The standard InChI is InChI=1S/C14H16BrNO/c1-8-9(2)17-10(3)13(8)14(16)11-4-6-12(15)7-5-11/h4-7,14H,16H2,1-3H3. The molecule has 2 N–H and O–H groups in total. The van der Waals surface area contributed by atoms with Gasteiger partial charge in [0.25, 0.3) is 0 Å². The molecule has 2 aromatic rings. The maximum Gasteiger partial charge on any atom is 0.106 e. The second kappa shape index (κ2) is 4.67. The van der Waals surface area contributed by atoms with Gasteiger partial charge in [0.05, 0.1) is 6.04 Å². The number of hydrogen-bond donors (Lipinski definition) is 1. The van der Waals surface area contributed by atoms with Gasteiger partial charge in [-0.2, -0.15) is 0 Å². The highest BCUT2D eigenvalue weighted by Gasteiger charge is 2.19. The van der Waals surface area contributed by atoms with Gasteiger partial charge in [0.1, 0.15) is 11.5 Å². The van der Waals surface area contributed by atoms with Crippen LogP contribution in [-0.2, 0) is 0 Å². The molecule has 0 bridgehead atoms. The zero-order valence-electron chi connectivity index (χ0n) is 10.3. The lowest BCUT2D eigenvalue weighted by Crippen LogP contribution is -2.13. The topological polar surface area (TPSA) is 39.2 Å². The molecule has 17 heavy (non-hydrogen) atoms. The van der Waals surface area contributed by atoms with Crippen LogP contribution in [0.5, 0.6) is 0 Å². The molecule has 0 aliphatic heterocycles. The van der Waals surface area contributed by atoms with E-state index >= 15 is 0 Å². The molecule has 0 spiro atoms. The van der Waals surface area contributed by atoms with Crippen LogP contribution in [0.3, 0.4) is 0 Å². The molecule has 0 saturated heterocycles. The fourth-order valence-electron chi connectivity index (χ4n) is 2.10. The van der Waals surface area contributed by atoms with Crippen molar-refractivity contribution in [2.45, 2.75) is 26.8 Å². The van der Waals surface area contributed by atoms with Crippen LogP contribution in [0.2, 0.25) is 0 Å². The molecule has 90 valence electrons. The monoisotopic (exact) mass is 293 g/mol. The Morgan fingerprint density at radius 1 is 1.06 bits per heavy atom. The first-order valence-electron chi connectivity index (χ1n) is 5.58. The lowest BCUT2D eigenvalue weighted by atomic mass is 9.96. The van der Waals surface area contributed by atoms with Crippen LogP contribution in [0.15, 0.2) is 33.2 Å². The minimum absolute atomic E-state index is 0.124. The fraction of sp³-hybridized carbons (Fsp3) is 0.286. The van der Waals surface area contributed by atoms with Crippen molar-refractivity contribution in [3.05, 3.63) is 56.9 Å². The first kappa shape index (κ1) is 12.4. The highest BCUT2D eigenvalue weighted by molar-refractivity contribution is 9.10. The van der Waals surface area contributed by atoms with Crippen molar-refractivity contribution >= 4 is 15.9 Å². The highest BCUT2D eigenvalue weighted by Crippen LogP contribution is 2.30. The molecule has 1 aromatic carbocycles. The predicted octanol–water partition coefficient (Wildman–Crippen LogP) is 4.02. The molecular weight excluding hydrogens is 278 g/mol. The van der Waals surface area contributed by atoms with Crippen molar-refractivity contribution in [2.75, 3.05) is 0 Å². The van der Waals surface area contributed by atoms with E-state index in [0.717, 1.165) is 32.7 Å². The molecule has 0 fully saturated rings. The molecule has 1 atom stereocenters. The van der Waals surface area contributed by atoms with Crippen LogP contribution in [0.1, 0.15) is 34.3 Å². The van der Waals surface area contributed by atoms with E-state index in [9.17, 15) is 0 Å². The van der Waals surface area contributed by atoms with E-state index in [4.69, 9.17) is 10.2 Å². The summed E-state index contributed by atoms with van der Waals surface area (Å²) < 4.78 is 6.68. The minimum Gasteiger partial charge on any atom is -0.466 e. The van der Waals surface area contributed by atoms with Gasteiger partial charge in [-0.25, -0.2) is 0 Å². The number of furan rings is 1. The van der Waals surface area contributed by atoms with Crippen molar-refractivity contribution in [2.24, 2.45) is 5.73 Å². The molecule has 0 aliphatic rings. The number of nitrogens with two attached hydrogens (primary N) is 1. The normalized spacial score (nSPS) is 12.8. The van der Waals surface area contributed by atoms with Gasteiger partial charge in [0.15, 0.2) is 0 Å². The van der Waals surface area contributed by atoms with Crippen LogP contribution in [0.25, 0.3) is 0 Å². The Hall–Kier alpha value is -1.06. The van der Waals surface area contributed by atoms with E-state index in [2.05, 4.69) is 22.9 Å². The van der Waals surface area contributed by atoms with Gasteiger partial charge in [-0.1, -0.05) is 28.1 Å². The number of hydrogen-bond acceptors (Lipinski definition) is 2. The molecular formula is C14H16BrNO. The largest absolute Gasteiger partial charge is 0.466 e. The fourth-order valence-corrected chi connectivity index (χ4v) is 2.37. The van der Waals surface area contributed by atoms with Gasteiger partial charge in [-0.05, 0) is 44.0 Å². The summed E-state index contributed by atoms with van der Waals surface area (Å²) in [5, 5.41) is 0. The zero-order valence-corrected chi connectivity index (χ0v) is 11.8. The van der Waals surface area contributed by atoms with Crippen molar-refractivity contribution in [1.29, 1.82) is 0 Å². The molecule has 3 heteroatoms. The van der Waals surface area contributed by atoms with Gasteiger partial charge in [-0.15, -0.1) is 0 Å². The molecule has 0 amide bonds. The average Bonchev–Trinajstić information content (AvgIpc) is 2.53. The molecule has 1 heterocycles. The zero-order chi connectivity index (χ0) is 12.6. The Kier molecular flexibility index (Phi) is 3.40. The first-order chi connectivity index (χ1) is 8.00. The van der Waals surface area contributed by atoms with Gasteiger partial charge in [0, 0.05) is 10.0 Å². The molecule has 2 nitrogen and oxygen atoms in total. The van der Waals surface area contributed by atoms with E-state index in [1.54, 1.807) is 0 Å². The maximum absolute atomic E-state index is 6.31. The van der Waals surface area contributed by atoms with Crippen LogP contribution in [0, 0.1) is 20.8 Å². The predicted molar refractivity (Wildman–Crippen MR) is 73.1 cm³/mol. The summed E-state index contributed by atoms with van der Waals surface area (Å²) in [6.45, 7) is 5.99. The van der Waals surface area contributed by atoms with Crippen molar-refractivity contribution in [3.8, 4) is 0 Å². The number of halogens is 1. The highest BCUT2D eigenvalue weighted by atomic mass is 79.9. The van der Waals surface area contributed by atoms with Gasteiger partial charge in [0.2, 0.25) is 0 Å². The number of rotatable bonds is 2. The maximum atomic E-state index is 6.31. The van der Waals surface area contributed by atoms with E-state index in [0.29, 0.717) is 0 Å². The molecule has 0 aliphatic carbocycles. The third-order valence-corrected chi connectivity index (χ3v) is 3.69. The second-order valence-corrected chi connectivity index (χ2v) is 5.20. The smallest absolute Gasteiger partial charge is 0.106 e. The van der Waals surface area contributed by atoms with Crippen molar-refractivity contribution in [1.82, 2.24) is 0 Å². The van der Waals surface area contributed by atoms with Gasteiger partial charge in [-0.3, -0.25) is 0 Å². The molecule has 1 unspecified atom stereocenters. The molecule has 0 saturated carbocycles. The van der Waals surface area contributed by atoms with E-state index in [1.165, 1.54) is 0 Å². The Morgan fingerprint density at radius 3 is 2.12 bits per heavy atom. The number of benzene rings is 1. The second-order valence-electron chi connectivity index (χ2n) is 4.28. The Morgan fingerprint density at radius 2 is 1.65 bits per heavy atom. The van der Waals surface area contributed by atoms with Crippen LogP contribution in [-0.4, -0.2) is 0 Å². The van der Waals surface area contributed by atoms with Gasteiger partial charge >= 0.3 is 0 Å². The van der Waals surface area contributed by atoms with E-state index < -0.39 is 0 Å². The molecule has 1 aromatic heterocycles. The average molecular weight is 294 g/mol. The SMILES string of the molecule is Cc1oc(C)c(C(N)c2ccc(Br)cc2)c1C. The Balaban J connectivity index is 2.43. The summed E-state index contributed by atoms with van der Waals surface area (Å²) in [5.74, 6) is 1.86. The summed E-state index contributed by atoms with van der Waals surface area (Å²) in [4.78, 5) is 0. The van der Waals surface area contributed by atoms with Gasteiger partial charge < -0.3 is 10.2 Å². The Bertz CT molecular complexity index is 528. The third kappa shape index (κ3) is 2.31. The summed E-state index contributed by atoms with van der Waals surface area (Å²) in [7, 11) is 0. The van der Waals surface area contributed by atoms with Crippen LogP contribution in [0.4, 0.5) is 0 Å². The van der Waals surface area contributed by atoms with Crippen LogP contribution < -0.4 is 5.73 Å². The lowest BCUT2D eigenvalue weighted by Gasteiger charge is -2.12. The van der Waals surface area contributed by atoms with Crippen LogP contribution >= 0.6 is 15.9 Å². The van der Waals surface area contributed by atoms with E-state index in [-0.39, 0.29) is 6.04 Å². The molecule has 2 rings (SSSR count). The summed E-state index contributed by atoms with van der Waals surface area (Å²) in [6, 6.07) is 7.96. The minimum atomic E-state index is -0.124. The Labute approximate surface area is 110 Å². The first-order valence-corrected chi connectivity index (χ1v) is 6.37. The quantitative estimate of drug-likeness (QED) is 0.908. The summed E-state index contributed by atoms with van der Waals surface area (Å²) >= 11 is 3.42. The van der Waals surface area contributed by atoms with Crippen molar-refractivity contribution in [3.63, 3.8) is 0 Å². The lowest BCUT2D eigenvalue weighted by molar-refractivity contribution is 0.498. The molecule has 0 radical (unpaired) electrons. The summed E-state index contributed by atoms with van der Waals surface area (Å²) in [5.41, 5.74) is 9.66. The number of aryl methyl sites for hydroxylation is 2.